The Balaban J connectivity index is 1.71. The van der Waals surface area contributed by atoms with E-state index in [0.29, 0.717) is 12.4 Å². The number of hydrogen-bond donors (Lipinski definition) is 1. The summed E-state index contributed by atoms with van der Waals surface area (Å²) in [5.41, 5.74) is 4.57. The van der Waals surface area contributed by atoms with Crippen LogP contribution in [0.5, 0.6) is 5.75 Å². The van der Waals surface area contributed by atoms with Gasteiger partial charge in [-0.1, -0.05) is 6.07 Å². The Kier molecular flexibility index (Phi) is 5.38. The monoisotopic (exact) mass is 279 g/mol. The molecule has 1 heterocycles. The molecule has 0 radical (unpaired) electrons. The highest BCUT2D eigenvalue weighted by atomic mass is 16.8. The fourth-order valence-corrected chi connectivity index (χ4v) is 2.13. The van der Waals surface area contributed by atoms with E-state index in [9.17, 15) is 4.79 Å². The second kappa shape index (κ2) is 7.26. The first-order chi connectivity index (χ1) is 9.63. The molecule has 0 bridgehead atoms. The van der Waals surface area contributed by atoms with Crippen molar-refractivity contribution in [2.75, 3.05) is 13.2 Å². The van der Waals surface area contributed by atoms with E-state index < -0.39 is 0 Å². The molecule has 5 heteroatoms. The molecule has 1 aliphatic heterocycles. The van der Waals surface area contributed by atoms with Crippen molar-refractivity contribution in [3.05, 3.63) is 29.3 Å². The van der Waals surface area contributed by atoms with Crippen molar-refractivity contribution in [2.24, 2.45) is 0 Å². The van der Waals surface area contributed by atoms with E-state index in [1.165, 1.54) is 0 Å². The molecular weight excluding hydrogens is 258 g/mol. The van der Waals surface area contributed by atoms with Gasteiger partial charge in [0.15, 0.2) is 12.9 Å². The number of carbonyl (C=O) groups is 1. The molecule has 5 nitrogen and oxygen atoms in total. The van der Waals surface area contributed by atoms with Crippen molar-refractivity contribution in [2.45, 2.75) is 39.4 Å². The number of hydroxylamine groups is 1. The highest BCUT2D eigenvalue weighted by Crippen LogP contribution is 2.16. The lowest BCUT2D eigenvalue weighted by Gasteiger charge is -2.22. The Morgan fingerprint density at radius 1 is 1.30 bits per heavy atom. The minimum atomic E-state index is -0.339. The smallest absolute Gasteiger partial charge is 0.281 e. The van der Waals surface area contributed by atoms with E-state index in [4.69, 9.17) is 14.3 Å². The molecule has 0 unspecified atom stereocenters. The lowest BCUT2D eigenvalue weighted by atomic mass is 10.1. The van der Waals surface area contributed by atoms with Crippen LogP contribution in [0.15, 0.2) is 18.2 Å². The minimum Gasteiger partial charge on any atom is -0.484 e. The number of benzene rings is 1. The van der Waals surface area contributed by atoms with Crippen LogP contribution >= 0.6 is 0 Å². The van der Waals surface area contributed by atoms with Gasteiger partial charge in [-0.3, -0.25) is 4.79 Å². The number of nitrogens with one attached hydrogen (secondary N) is 1. The zero-order valence-corrected chi connectivity index (χ0v) is 12.0. The Morgan fingerprint density at radius 2 is 2.05 bits per heavy atom. The van der Waals surface area contributed by atoms with Gasteiger partial charge in [0.05, 0.1) is 0 Å². The van der Waals surface area contributed by atoms with Crippen LogP contribution < -0.4 is 10.2 Å². The molecule has 1 N–H and O–H groups in total. The van der Waals surface area contributed by atoms with Gasteiger partial charge in [-0.2, -0.15) is 0 Å². The Morgan fingerprint density at radius 3 is 2.70 bits per heavy atom. The van der Waals surface area contributed by atoms with E-state index in [1.54, 1.807) is 0 Å². The molecule has 0 aliphatic carbocycles. The van der Waals surface area contributed by atoms with Crippen LogP contribution in [0.1, 0.15) is 30.4 Å². The van der Waals surface area contributed by atoms with Gasteiger partial charge in [-0.05, 0) is 49.9 Å². The number of aryl methyl sites for hydroxylation is 2. The molecule has 0 spiro atoms. The Hall–Kier alpha value is -1.59. The fraction of sp³-hybridized carbons (Fsp3) is 0.533. The van der Waals surface area contributed by atoms with Gasteiger partial charge in [-0.15, -0.1) is 0 Å². The van der Waals surface area contributed by atoms with E-state index >= 15 is 0 Å². The number of carbonyl (C=O) groups excluding carboxylic acids is 1. The van der Waals surface area contributed by atoms with Crippen molar-refractivity contribution in [3.8, 4) is 5.75 Å². The summed E-state index contributed by atoms with van der Waals surface area (Å²) in [5.74, 6) is 0.366. The molecule has 1 atom stereocenters. The van der Waals surface area contributed by atoms with Crippen LogP contribution in [0.3, 0.4) is 0 Å². The molecule has 1 saturated heterocycles. The predicted octanol–water partition coefficient (Wildman–Crippen LogP) is 2.26. The first kappa shape index (κ1) is 14.8. The summed E-state index contributed by atoms with van der Waals surface area (Å²) in [6.45, 7) is 4.59. The number of amides is 1. The minimum absolute atomic E-state index is 0.0738. The average molecular weight is 279 g/mol. The zero-order valence-electron chi connectivity index (χ0n) is 12.0. The number of hydrogen-bond acceptors (Lipinski definition) is 4. The Bertz CT molecular complexity index is 435. The SMILES string of the molecule is Cc1cc(C)cc(OCC(=O)NO[C@@H]2CCCCO2)c1. The molecule has 1 aromatic rings. The summed E-state index contributed by atoms with van der Waals surface area (Å²) >= 11 is 0. The molecular formula is C15H21NO4. The standard InChI is InChI=1S/C15H21NO4/c1-11-7-12(2)9-13(8-11)19-10-14(17)16-20-15-5-3-4-6-18-15/h7-9,15H,3-6,10H2,1-2H3,(H,16,17)/t15-/m1/s1. The van der Waals surface area contributed by atoms with Crippen molar-refractivity contribution >= 4 is 5.91 Å². The second-order valence-corrected chi connectivity index (χ2v) is 5.05. The van der Waals surface area contributed by atoms with Crippen LogP contribution in [0.25, 0.3) is 0 Å². The fourth-order valence-electron chi connectivity index (χ4n) is 2.13. The van der Waals surface area contributed by atoms with E-state index in [2.05, 4.69) is 11.5 Å². The van der Waals surface area contributed by atoms with E-state index in [1.807, 2.05) is 26.0 Å². The zero-order chi connectivity index (χ0) is 14.4. The van der Waals surface area contributed by atoms with Crippen molar-refractivity contribution < 1.29 is 19.1 Å². The molecule has 0 aromatic heterocycles. The largest absolute Gasteiger partial charge is 0.484 e. The van der Waals surface area contributed by atoms with Gasteiger partial charge in [0, 0.05) is 13.0 Å². The third-order valence-electron chi connectivity index (χ3n) is 3.01. The predicted molar refractivity (Wildman–Crippen MR) is 74.2 cm³/mol. The van der Waals surface area contributed by atoms with E-state index in [0.717, 1.165) is 30.4 Å². The first-order valence-electron chi connectivity index (χ1n) is 6.90. The van der Waals surface area contributed by atoms with Crippen LogP contribution in [0.2, 0.25) is 0 Å². The lowest BCUT2D eigenvalue weighted by molar-refractivity contribution is -0.201. The van der Waals surface area contributed by atoms with E-state index in [-0.39, 0.29) is 18.8 Å². The molecule has 2 rings (SSSR count). The van der Waals surface area contributed by atoms with Crippen LogP contribution in [-0.4, -0.2) is 25.4 Å². The third kappa shape index (κ3) is 4.83. The summed E-state index contributed by atoms with van der Waals surface area (Å²) in [7, 11) is 0. The maximum atomic E-state index is 11.6. The van der Waals surface area contributed by atoms with Crippen molar-refractivity contribution in [1.29, 1.82) is 0 Å². The normalized spacial score (nSPS) is 18.6. The molecule has 110 valence electrons. The van der Waals surface area contributed by atoms with Gasteiger partial charge >= 0.3 is 0 Å². The maximum absolute atomic E-state index is 11.6. The van der Waals surface area contributed by atoms with Crippen LogP contribution in [-0.2, 0) is 14.4 Å². The van der Waals surface area contributed by atoms with Gasteiger partial charge in [-0.25, -0.2) is 10.3 Å². The summed E-state index contributed by atoms with van der Waals surface area (Å²) < 4.78 is 10.8. The number of ether oxygens (including phenoxy) is 2. The summed E-state index contributed by atoms with van der Waals surface area (Å²) in [5, 5.41) is 0. The Labute approximate surface area is 119 Å². The van der Waals surface area contributed by atoms with Crippen LogP contribution in [0.4, 0.5) is 0 Å². The molecule has 1 fully saturated rings. The lowest BCUT2D eigenvalue weighted by Crippen LogP contribution is -2.35. The highest BCUT2D eigenvalue weighted by molar-refractivity contribution is 5.76. The summed E-state index contributed by atoms with van der Waals surface area (Å²) in [6.07, 6.45) is 2.57. The molecule has 1 aliphatic rings. The molecule has 0 saturated carbocycles. The van der Waals surface area contributed by atoms with Crippen LogP contribution in [0, 0.1) is 13.8 Å². The topological polar surface area (TPSA) is 56.8 Å². The number of rotatable bonds is 5. The summed E-state index contributed by atoms with van der Waals surface area (Å²) in [4.78, 5) is 16.8. The van der Waals surface area contributed by atoms with Gasteiger partial charge < -0.3 is 9.47 Å². The summed E-state index contributed by atoms with van der Waals surface area (Å²) in [6, 6.07) is 5.84. The van der Waals surface area contributed by atoms with Gasteiger partial charge in [0.2, 0.25) is 0 Å². The highest BCUT2D eigenvalue weighted by Gasteiger charge is 2.15. The molecule has 20 heavy (non-hydrogen) atoms. The van der Waals surface area contributed by atoms with Gasteiger partial charge in [0.25, 0.3) is 5.91 Å². The average Bonchev–Trinajstić information content (AvgIpc) is 2.43. The molecule has 1 aromatic carbocycles. The molecule has 1 amide bonds. The second-order valence-electron chi connectivity index (χ2n) is 5.05. The van der Waals surface area contributed by atoms with Gasteiger partial charge in [0.1, 0.15) is 5.75 Å². The third-order valence-corrected chi connectivity index (χ3v) is 3.01. The first-order valence-corrected chi connectivity index (χ1v) is 6.90. The van der Waals surface area contributed by atoms with Crippen molar-refractivity contribution in [3.63, 3.8) is 0 Å². The quantitative estimate of drug-likeness (QED) is 0.840. The maximum Gasteiger partial charge on any atom is 0.281 e. The van der Waals surface area contributed by atoms with Crippen molar-refractivity contribution in [1.82, 2.24) is 5.48 Å².